The van der Waals surface area contributed by atoms with E-state index in [0.29, 0.717) is 5.82 Å². The average molecular weight is 473 g/mol. The molecule has 0 saturated carbocycles. The summed E-state index contributed by atoms with van der Waals surface area (Å²) in [6.45, 7) is 1.98. The molecular formula is C28H20N6S. The van der Waals surface area contributed by atoms with Gasteiger partial charge in [0.2, 0.25) is 0 Å². The van der Waals surface area contributed by atoms with Gasteiger partial charge in [-0.05, 0) is 61.5 Å². The van der Waals surface area contributed by atoms with Crippen molar-refractivity contribution in [2.24, 2.45) is 0 Å². The molecule has 7 heteroatoms. The highest BCUT2D eigenvalue weighted by Crippen LogP contribution is 2.34. The molecule has 0 radical (unpaired) electrons. The van der Waals surface area contributed by atoms with Gasteiger partial charge in [0, 0.05) is 44.3 Å². The highest BCUT2D eigenvalue weighted by atomic mass is 32.2. The van der Waals surface area contributed by atoms with E-state index < -0.39 is 0 Å². The van der Waals surface area contributed by atoms with Gasteiger partial charge in [-0.3, -0.25) is 15.0 Å². The first-order chi connectivity index (χ1) is 17.2. The summed E-state index contributed by atoms with van der Waals surface area (Å²) in [5.41, 5.74) is 5.29. The number of anilines is 2. The molecule has 0 saturated heterocycles. The Bertz CT molecular complexity index is 1660. The smallest absolute Gasteiger partial charge is 0.161 e. The number of nitrogens with zero attached hydrogens (tertiary/aromatic N) is 5. The average Bonchev–Trinajstić information content (AvgIpc) is 2.90. The van der Waals surface area contributed by atoms with E-state index in [-0.39, 0.29) is 0 Å². The molecule has 0 unspecified atom stereocenters. The van der Waals surface area contributed by atoms with Gasteiger partial charge >= 0.3 is 0 Å². The molecule has 1 N–H and O–H groups in total. The van der Waals surface area contributed by atoms with Gasteiger partial charge in [-0.2, -0.15) is 0 Å². The Hall–Kier alpha value is -4.36. The van der Waals surface area contributed by atoms with Crippen LogP contribution in [0, 0.1) is 6.92 Å². The number of rotatable bonds is 5. The van der Waals surface area contributed by atoms with E-state index in [1.54, 1.807) is 18.0 Å². The lowest BCUT2D eigenvalue weighted by Gasteiger charge is -2.12. The van der Waals surface area contributed by atoms with Crippen LogP contribution in [0.4, 0.5) is 11.5 Å². The van der Waals surface area contributed by atoms with Crippen molar-refractivity contribution in [3.8, 4) is 11.4 Å². The van der Waals surface area contributed by atoms with Crippen molar-refractivity contribution in [2.75, 3.05) is 5.32 Å². The van der Waals surface area contributed by atoms with E-state index in [1.165, 1.54) is 0 Å². The van der Waals surface area contributed by atoms with Gasteiger partial charge in [0.1, 0.15) is 11.2 Å². The van der Waals surface area contributed by atoms with E-state index >= 15 is 0 Å². The highest BCUT2D eigenvalue weighted by molar-refractivity contribution is 7.99. The van der Waals surface area contributed by atoms with Crippen LogP contribution < -0.4 is 5.32 Å². The van der Waals surface area contributed by atoms with Gasteiger partial charge in [-0.1, -0.05) is 42.1 Å². The second kappa shape index (κ2) is 9.12. The van der Waals surface area contributed by atoms with Gasteiger partial charge in [-0.25, -0.2) is 0 Å². The van der Waals surface area contributed by atoms with Crippen molar-refractivity contribution in [1.29, 1.82) is 0 Å². The number of fused-ring (bicyclic) bond motifs is 2. The maximum atomic E-state index is 4.64. The van der Waals surface area contributed by atoms with Crippen molar-refractivity contribution in [2.45, 2.75) is 16.7 Å². The minimum absolute atomic E-state index is 0.710. The Morgan fingerprint density at radius 3 is 2.43 bits per heavy atom. The molecule has 0 aliphatic carbocycles. The molecule has 4 aromatic heterocycles. The number of nitrogens with one attached hydrogen (secondary N) is 1. The van der Waals surface area contributed by atoms with Crippen LogP contribution in [0.25, 0.3) is 33.2 Å². The molecule has 4 heterocycles. The first kappa shape index (κ1) is 21.2. The topological polar surface area (TPSA) is 76.5 Å². The molecule has 0 atom stereocenters. The Balaban J connectivity index is 1.28. The second-order valence-corrected chi connectivity index (χ2v) is 9.15. The van der Waals surface area contributed by atoms with E-state index in [1.807, 2.05) is 73.8 Å². The Morgan fingerprint density at radius 1 is 0.714 bits per heavy atom. The van der Waals surface area contributed by atoms with Crippen LogP contribution in [0.5, 0.6) is 0 Å². The van der Waals surface area contributed by atoms with Gasteiger partial charge in [0.05, 0.1) is 11.2 Å². The number of hydrogen-bond acceptors (Lipinski definition) is 7. The van der Waals surface area contributed by atoms with Crippen LogP contribution in [0.1, 0.15) is 5.69 Å². The van der Waals surface area contributed by atoms with Crippen LogP contribution in [0.3, 0.4) is 0 Å². The summed E-state index contributed by atoms with van der Waals surface area (Å²) in [6, 6.07) is 28.2. The Labute approximate surface area is 206 Å². The number of pyridine rings is 3. The zero-order valence-electron chi connectivity index (χ0n) is 18.9. The summed E-state index contributed by atoms with van der Waals surface area (Å²) < 4.78 is 0. The van der Waals surface area contributed by atoms with Crippen molar-refractivity contribution < 1.29 is 0 Å². The van der Waals surface area contributed by atoms with E-state index in [2.05, 4.69) is 54.7 Å². The maximum Gasteiger partial charge on any atom is 0.161 e. The molecule has 6 nitrogen and oxygen atoms in total. The van der Waals surface area contributed by atoms with Crippen LogP contribution in [0.2, 0.25) is 0 Å². The molecule has 168 valence electrons. The van der Waals surface area contributed by atoms with Gasteiger partial charge < -0.3 is 5.32 Å². The van der Waals surface area contributed by atoms with Gasteiger partial charge in [0.25, 0.3) is 0 Å². The number of aromatic nitrogens is 5. The summed E-state index contributed by atoms with van der Waals surface area (Å²) in [6.07, 6.45) is 3.62. The normalized spacial score (nSPS) is 11.1. The summed E-state index contributed by atoms with van der Waals surface area (Å²) in [7, 11) is 0. The predicted molar refractivity (Wildman–Crippen MR) is 141 cm³/mol. The third kappa shape index (κ3) is 4.29. The lowest BCUT2D eigenvalue weighted by Crippen LogP contribution is -2.00. The van der Waals surface area contributed by atoms with Crippen LogP contribution in [-0.2, 0) is 0 Å². The fourth-order valence-electron chi connectivity index (χ4n) is 3.97. The molecule has 0 aliphatic heterocycles. The first-order valence-electron chi connectivity index (χ1n) is 11.2. The van der Waals surface area contributed by atoms with Crippen molar-refractivity contribution in [3.63, 3.8) is 0 Å². The molecular weight excluding hydrogens is 452 g/mol. The molecule has 0 fully saturated rings. The quantitative estimate of drug-likeness (QED) is 0.294. The van der Waals surface area contributed by atoms with Crippen molar-refractivity contribution >= 4 is 45.1 Å². The number of benzene rings is 2. The summed E-state index contributed by atoms with van der Waals surface area (Å²) in [5, 5.41) is 14.5. The summed E-state index contributed by atoms with van der Waals surface area (Å²) in [5.74, 6) is 0.710. The van der Waals surface area contributed by atoms with E-state index in [0.717, 1.165) is 54.4 Å². The Morgan fingerprint density at radius 2 is 1.57 bits per heavy atom. The zero-order valence-corrected chi connectivity index (χ0v) is 19.7. The number of aryl methyl sites for hydroxylation is 1. The molecule has 0 bridgehead atoms. The lowest BCUT2D eigenvalue weighted by molar-refractivity contribution is 1.05. The van der Waals surface area contributed by atoms with E-state index in [9.17, 15) is 0 Å². The molecule has 0 amide bonds. The maximum absolute atomic E-state index is 4.64. The van der Waals surface area contributed by atoms with Gasteiger partial charge in [0.15, 0.2) is 5.82 Å². The third-order valence-corrected chi connectivity index (χ3v) is 6.68. The standard InChI is InChI=1S/C28H20N6S/c1-18-6-4-9-24(31-18)26-21-7-2-3-8-22(21)28(34-33-26)32-19-11-13-20(14-12-19)35-25-15-17-29-23-10-5-16-30-27(23)25/h2-17H,1H3,(H,32,34). The minimum Gasteiger partial charge on any atom is -0.338 e. The van der Waals surface area contributed by atoms with E-state index in [4.69, 9.17) is 0 Å². The van der Waals surface area contributed by atoms with Crippen molar-refractivity contribution in [1.82, 2.24) is 25.1 Å². The van der Waals surface area contributed by atoms with Crippen molar-refractivity contribution in [3.05, 3.63) is 103 Å². The lowest BCUT2D eigenvalue weighted by atomic mass is 10.1. The SMILES string of the molecule is Cc1cccc(-c2nnc(Nc3ccc(Sc4ccnc5cccnc45)cc3)c3ccccc23)n1. The molecule has 0 aliphatic rings. The van der Waals surface area contributed by atoms with Gasteiger partial charge in [-0.15, -0.1) is 10.2 Å². The highest BCUT2D eigenvalue weighted by Gasteiger charge is 2.12. The number of hydrogen-bond donors (Lipinski definition) is 1. The van der Waals surface area contributed by atoms with Crippen LogP contribution in [-0.4, -0.2) is 25.1 Å². The minimum atomic E-state index is 0.710. The molecule has 2 aromatic carbocycles. The molecule has 6 aromatic rings. The largest absolute Gasteiger partial charge is 0.338 e. The second-order valence-electron chi connectivity index (χ2n) is 8.04. The molecule has 6 rings (SSSR count). The molecule has 35 heavy (non-hydrogen) atoms. The third-order valence-electron chi connectivity index (χ3n) is 5.62. The zero-order chi connectivity index (χ0) is 23.6. The van der Waals surface area contributed by atoms with Crippen LogP contribution in [0.15, 0.2) is 107 Å². The molecule has 0 spiro atoms. The fraction of sp³-hybridized carbons (Fsp3) is 0.0357. The van der Waals surface area contributed by atoms with Crippen LogP contribution >= 0.6 is 11.8 Å². The Kier molecular flexibility index (Phi) is 5.52. The summed E-state index contributed by atoms with van der Waals surface area (Å²) in [4.78, 5) is 15.7. The first-order valence-corrected chi connectivity index (χ1v) is 12.0. The fourth-order valence-corrected chi connectivity index (χ4v) is 4.88. The monoisotopic (exact) mass is 472 g/mol. The summed E-state index contributed by atoms with van der Waals surface area (Å²) >= 11 is 1.67. The predicted octanol–water partition coefficient (Wildman–Crippen LogP) is 6.84.